The molecule has 0 radical (unpaired) electrons. The molecule has 0 aliphatic carbocycles. The molecule has 1 saturated heterocycles. The monoisotopic (exact) mass is 334 g/mol. The van der Waals surface area contributed by atoms with Gasteiger partial charge in [-0.25, -0.2) is 0 Å². The lowest BCUT2D eigenvalue weighted by Crippen LogP contribution is -2.38. The van der Waals surface area contributed by atoms with Crippen LogP contribution >= 0.6 is 11.6 Å². The predicted molar refractivity (Wildman–Crippen MR) is 86.8 cm³/mol. The Labute approximate surface area is 139 Å². The number of benzene rings is 1. The molecule has 0 saturated carbocycles. The van der Waals surface area contributed by atoms with Gasteiger partial charge in [0.1, 0.15) is 0 Å². The van der Waals surface area contributed by atoms with Gasteiger partial charge in [-0.05, 0) is 42.3 Å². The zero-order chi connectivity index (χ0) is 16.4. The Morgan fingerprint density at radius 2 is 2.17 bits per heavy atom. The summed E-state index contributed by atoms with van der Waals surface area (Å²) >= 11 is 5.88. The maximum absolute atomic E-state index is 12.6. The second-order valence-electron chi connectivity index (χ2n) is 5.70. The van der Waals surface area contributed by atoms with Crippen LogP contribution in [0.5, 0.6) is 0 Å². The normalized spacial score (nSPS) is 19.1. The number of tetrazole rings is 1. The lowest BCUT2D eigenvalue weighted by atomic mass is 10.2. The molecule has 23 heavy (non-hydrogen) atoms. The largest absolute Gasteiger partial charge is 0.339 e. The summed E-state index contributed by atoms with van der Waals surface area (Å²) in [6.45, 7) is 3.22. The predicted octanol–water partition coefficient (Wildman–Crippen LogP) is 1.50. The van der Waals surface area contributed by atoms with Crippen LogP contribution < -0.4 is 5.73 Å². The number of carbonyl (C=O) groups excluding carboxylic acids is 1. The summed E-state index contributed by atoms with van der Waals surface area (Å²) in [6, 6.07) is 6.80. The van der Waals surface area contributed by atoms with Crippen molar-refractivity contribution in [3.8, 4) is 11.4 Å². The molecule has 1 amide bonds. The molecule has 0 spiro atoms. The number of rotatable bonds is 4. The second kappa shape index (κ2) is 6.64. The van der Waals surface area contributed by atoms with E-state index in [2.05, 4.69) is 15.4 Å². The number of nitrogens with two attached hydrogens (primary N) is 1. The van der Waals surface area contributed by atoms with Gasteiger partial charge in [-0.15, -0.1) is 10.2 Å². The fraction of sp³-hybridized carbons (Fsp3) is 0.467. The highest BCUT2D eigenvalue weighted by molar-refractivity contribution is 6.30. The summed E-state index contributed by atoms with van der Waals surface area (Å²) < 4.78 is 0. The molecule has 2 aromatic rings. The van der Waals surface area contributed by atoms with E-state index in [1.807, 2.05) is 19.1 Å². The molecular formula is C15H19ClN6O. The van der Waals surface area contributed by atoms with E-state index in [9.17, 15) is 4.79 Å². The molecule has 0 unspecified atom stereocenters. The second-order valence-corrected chi connectivity index (χ2v) is 6.13. The minimum Gasteiger partial charge on any atom is -0.339 e. The van der Waals surface area contributed by atoms with Gasteiger partial charge in [-0.1, -0.05) is 18.5 Å². The lowest BCUT2D eigenvalue weighted by Gasteiger charge is -2.21. The Morgan fingerprint density at radius 1 is 1.43 bits per heavy atom. The topological polar surface area (TPSA) is 89.9 Å². The maximum atomic E-state index is 12.6. The van der Waals surface area contributed by atoms with E-state index < -0.39 is 6.04 Å². The average molecular weight is 335 g/mol. The van der Waals surface area contributed by atoms with Crippen LogP contribution in [-0.2, 0) is 4.79 Å². The summed E-state index contributed by atoms with van der Waals surface area (Å²) in [5, 5.41) is 13.1. The van der Waals surface area contributed by atoms with Gasteiger partial charge in [0, 0.05) is 29.7 Å². The number of amides is 1. The molecule has 1 fully saturated rings. The number of hydrogen-bond donors (Lipinski definition) is 1. The van der Waals surface area contributed by atoms with Crippen LogP contribution in [0.25, 0.3) is 11.4 Å². The van der Waals surface area contributed by atoms with Gasteiger partial charge in [0.2, 0.25) is 11.7 Å². The van der Waals surface area contributed by atoms with E-state index >= 15 is 0 Å². The SMILES string of the molecule is CC[C@@H](C(=O)N1CC[C@H](N)C1)n1nnc(-c2ccc(Cl)cc2)n1. The van der Waals surface area contributed by atoms with Gasteiger partial charge in [0.25, 0.3) is 0 Å². The van der Waals surface area contributed by atoms with Crippen molar-refractivity contribution in [2.45, 2.75) is 31.8 Å². The van der Waals surface area contributed by atoms with Crippen LogP contribution in [0.3, 0.4) is 0 Å². The number of likely N-dealkylation sites (tertiary alicyclic amines) is 1. The lowest BCUT2D eigenvalue weighted by molar-refractivity contribution is -0.134. The molecule has 1 aliphatic rings. The van der Waals surface area contributed by atoms with Crippen molar-refractivity contribution >= 4 is 17.5 Å². The van der Waals surface area contributed by atoms with Crippen LogP contribution in [0, 0.1) is 0 Å². The molecule has 1 aliphatic heterocycles. The first kappa shape index (κ1) is 15.9. The quantitative estimate of drug-likeness (QED) is 0.915. The number of aromatic nitrogens is 4. The van der Waals surface area contributed by atoms with Crippen molar-refractivity contribution in [2.24, 2.45) is 5.73 Å². The first-order chi connectivity index (χ1) is 11.1. The van der Waals surface area contributed by atoms with Crippen molar-refractivity contribution < 1.29 is 4.79 Å². The van der Waals surface area contributed by atoms with Crippen LogP contribution in [-0.4, -0.2) is 50.1 Å². The summed E-state index contributed by atoms with van der Waals surface area (Å²) in [6.07, 6.45) is 1.43. The van der Waals surface area contributed by atoms with Crippen LogP contribution in [0.4, 0.5) is 0 Å². The Balaban J connectivity index is 1.79. The molecule has 1 aromatic heterocycles. The number of nitrogens with zero attached hydrogens (tertiary/aromatic N) is 5. The highest BCUT2D eigenvalue weighted by Gasteiger charge is 2.31. The van der Waals surface area contributed by atoms with E-state index in [4.69, 9.17) is 17.3 Å². The van der Waals surface area contributed by atoms with Crippen molar-refractivity contribution in [1.82, 2.24) is 25.1 Å². The zero-order valence-corrected chi connectivity index (χ0v) is 13.6. The number of halogens is 1. The summed E-state index contributed by atoms with van der Waals surface area (Å²) in [5.41, 5.74) is 6.69. The minimum absolute atomic E-state index is 0.000469. The third kappa shape index (κ3) is 3.35. The third-order valence-corrected chi connectivity index (χ3v) is 4.27. The highest BCUT2D eigenvalue weighted by atomic mass is 35.5. The van der Waals surface area contributed by atoms with E-state index in [1.165, 1.54) is 4.80 Å². The van der Waals surface area contributed by atoms with Crippen molar-refractivity contribution in [1.29, 1.82) is 0 Å². The van der Waals surface area contributed by atoms with E-state index in [-0.39, 0.29) is 11.9 Å². The van der Waals surface area contributed by atoms with E-state index in [1.54, 1.807) is 17.0 Å². The molecule has 7 nitrogen and oxygen atoms in total. The Kier molecular flexibility index (Phi) is 4.58. The molecular weight excluding hydrogens is 316 g/mol. The molecule has 122 valence electrons. The fourth-order valence-corrected chi connectivity index (χ4v) is 2.83. The first-order valence-electron chi connectivity index (χ1n) is 7.68. The Bertz CT molecular complexity index is 686. The van der Waals surface area contributed by atoms with Gasteiger partial charge < -0.3 is 10.6 Å². The third-order valence-electron chi connectivity index (χ3n) is 4.02. The molecule has 3 rings (SSSR count). The molecule has 1 aromatic carbocycles. The summed E-state index contributed by atoms with van der Waals surface area (Å²) in [7, 11) is 0. The van der Waals surface area contributed by atoms with Crippen LogP contribution in [0.2, 0.25) is 5.02 Å². The summed E-state index contributed by atoms with van der Waals surface area (Å²) in [4.78, 5) is 15.8. The van der Waals surface area contributed by atoms with Gasteiger partial charge in [-0.3, -0.25) is 4.79 Å². The molecule has 2 atom stereocenters. The molecule has 2 N–H and O–H groups in total. The van der Waals surface area contributed by atoms with Crippen molar-refractivity contribution in [2.75, 3.05) is 13.1 Å². The van der Waals surface area contributed by atoms with E-state index in [0.29, 0.717) is 30.4 Å². The fourth-order valence-electron chi connectivity index (χ4n) is 2.71. The standard InChI is InChI=1S/C15H19ClN6O/c1-2-13(15(23)21-8-7-12(17)9-21)22-19-14(18-20-22)10-3-5-11(16)6-4-10/h3-6,12-13H,2,7-9,17H2,1H3/t12-,13-/m0/s1. The first-order valence-corrected chi connectivity index (χ1v) is 8.06. The molecule has 2 heterocycles. The van der Waals surface area contributed by atoms with Crippen molar-refractivity contribution in [3.63, 3.8) is 0 Å². The Hall–Kier alpha value is -1.99. The minimum atomic E-state index is -0.450. The van der Waals surface area contributed by atoms with Crippen LogP contribution in [0.15, 0.2) is 24.3 Å². The highest BCUT2D eigenvalue weighted by Crippen LogP contribution is 2.20. The van der Waals surface area contributed by atoms with Gasteiger partial charge in [0.15, 0.2) is 6.04 Å². The van der Waals surface area contributed by atoms with Crippen LogP contribution in [0.1, 0.15) is 25.8 Å². The zero-order valence-electron chi connectivity index (χ0n) is 12.9. The average Bonchev–Trinajstić information content (AvgIpc) is 3.18. The molecule has 0 bridgehead atoms. The maximum Gasteiger partial charge on any atom is 0.249 e. The molecule has 8 heteroatoms. The van der Waals surface area contributed by atoms with Crippen molar-refractivity contribution in [3.05, 3.63) is 29.3 Å². The smallest absolute Gasteiger partial charge is 0.249 e. The Morgan fingerprint density at radius 3 is 2.78 bits per heavy atom. The number of hydrogen-bond acceptors (Lipinski definition) is 5. The van der Waals surface area contributed by atoms with E-state index in [0.717, 1.165) is 12.0 Å². The van der Waals surface area contributed by atoms with Gasteiger partial charge in [0.05, 0.1) is 0 Å². The summed E-state index contributed by atoms with van der Waals surface area (Å²) in [5.74, 6) is 0.478. The van der Waals surface area contributed by atoms with Gasteiger partial charge in [-0.2, -0.15) is 4.80 Å². The number of carbonyl (C=O) groups is 1. The van der Waals surface area contributed by atoms with Gasteiger partial charge >= 0.3 is 0 Å².